The lowest BCUT2D eigenvalue weighted by molar-refractivity contribution is 0.233. The maximum Gasteiger partial charge on any atom is 0.193 e. The first-order valence-corrected chi connectivity index (χ1v) is 9.58. The number of rotatable bonds is 5. The maximum absolute atomic E-state index is 4.41. The molecule has 1 aromatic carbocycles. The summed E-state index contributed by atoms with van der Waals surface area (Å²) in [5.41, 5.74) is 1.08. The van der Waals surface area contributed by atoms with Gasteiger partial charge in [-0.1, -0.05) is 45.9 Å². The molecular formula is C16H17BrN6S. The summed E-state index contributed by atoms with van der Waals surface area (Å²) in [4.78, 5) is 6.51. The van der Waals surface area contributed by atoms with Crippen LogP contribution >= 0.6 is 27.7 Å². The minimum Gasteiger partial charge on any atom is -0.337 e. The zero-order valence-electron chi connectivity index (χ0n) is 13.0. The van der Waals surface area contributed by atoms with Gasteiger partial charge in [0.15, 0.2) is 11.0 Å². The van der Waals surface area contributed by atoms with Gasteiger partial charge in [0.2, 0.25) is 0 Å². The highest BCUT2D eigenvalue weighted by Gasteiger charge is 2.22. The van der Waals surface area contributed by atoms with Gasteiger partial charge in [0.25, 0.3) is 0 Å². The summed E-state index contributed by atoms with van der Waals surface area (Å²) >= 11 is 5.36. The highest BCUT2D eigenvalue weighted by atomic mass is 79.9. The molecule has 0 spiro atoms. The van der Waals surface area contributed by atoms with Crippen molar-refractivity contribution in [3.63, 3.8) is 0 Å². The molecule has 1 aliphatic heterocycles. The zero-order valence-corrected chi connectivity index (χ0v) is 15.4. The van der Waals surface area contributed by atoms with Crippen molar-refractivity contribution in [1.29, 1.82) is 0 Å². The Morgan fingerprint density at radius 2 is 2.08 bits per heavy atom. The van der Waals surface area contributed by atoms with Crippen LogP contribution in [0.15, 0.2) is 52.6 Å². The van der Waals surface area contributed by atoms with Gasteiger partial charge in [-0.15, -0.1) is 10.2 Å². The molecule has 24 heavy (non-hydrogen) atoms. The van der Waals surface area contributed by atoms with Crippen LogP contribution < -0.4 is 0 Å². The molecule has 0 aliphatic carbocycles. The van der Waals surface area contributed by atoms with Crippen LogP contribution in [0.5, 0.6) is 0 Å². The van der Waals surface area contributed by atoms with Gasteiger partial charge in [-0.25, -0.2) is 4.98 Å². The Balaban J connectivity index is 1.46. The second kappa shape index (κ2) is 7.08. The maximum atomic E-state index is 4.41. The first-order valence-electron chi connectivity index (χ1n) is 7.80. The number of aromatic nitrogens is 5. The van der Waals surface area contributed by atoms with Gasteiger partial charge in [-0.2, -0.15) is 0 Å². The molecule has 0 N–H and O–H groups in total. The number of imidazole rings is 1. The van der Waals surface area contributed by atoms with Gasteiger partial charge in [0, 0.05) is 35.5 Å². The molecule has 124 valence electrons. The number of halogens is 1. The average molecular weight is 405 g/mol. The molecule has 0 saturated heterocycles. The van der Waals surface area contributed by atoms with Crippen molar-refractivity contribution in [3.8, 4) is 11.4 Å². The minimum atomic E-state index is 0.829. The third-order valence-corrected chi connectivity index (χ3v) is 5.75. The highest BCUT2D eigenvalue weighted by Crippen LogP contribution is 2.32. The summed E-state index contributed by atoms with van der Waals surface area (Å²) in [6.07, 6.45) is 6.80. The molecule has 0 atom stereocenters. The third kappa shape index (κ3) is 3.26. The second-order valence-electron chi connectivity index (χ2n) is 5.68. The van der Waals surface area contributed by atoms with Gasteiger partial charge in [0.1, 0.15) is 0 Å². The van der Waals surface area contributed by atoms with Gasteiger partial charge < -0.3 is 4.57 Å². The van der Waals surface area contributed by atoms with E-state index in [0.29, 0.717) is 0 Å². The van der Waals surface area contributed by atoms with Gasteiger partial charge in [0.05, 0.1) is 18.9 Å². The van der Waals surface area contributed by atoms with Crippen molar-refractivity contribution in [2.75, 3.05) is 12.4 Å². The molecule has 3 heterocycles. The monoisotopic (exact) mass is 404 g/mol. The van der Waals surface area contributed by atoms with Crippen molar-refractivity contribution in [3.05, 3.63) is 47.5 Å². The van der Waals surface area contributed by atoms with E-state index in [0.717, 1.165) is 53.1 Å². The second-order valence-corrected chi connectivity index (χ2v) is 7.44. The molecule has 0 fully saturated rings. The standard InChI is InChI=1S/C16H17BrN6S/c17-14-5-2-1-4-13(14)15-19-20-16-23(15)11-22(12-24-16)8-3-7-21-9-6-18-10-21/h1-2,4-6,9-10H,3,7-8,11-12H2. The van der Waals surface area contributed by atoms with E-state index in [9.17, 15) is 0 Å². The molecule has 1 aliphatic rings. The number of benzene rings is 1. The van der Waals surface area contributed by atoms with Gasteiger partial charge in [-0.05, 0) is 12.5 Å². The predicted octanol–water partition coefficient (Wildman–Crippen LogP) is 3.32. The van der Waals surface area contributed by atoms with Crippen LogP contribution in [0, 0.1) is 0 Å². The van der Waals surface area contributed by atoms with Crippen molar-refractivity contribution < 1.29 is 0 Å². The Labute approximate surface area is 153 Å². The number of aryl methyl sites for hydroxylation is 1. The first-order chi connectivity index (χ1) is 11.8. The van der Waals surface area contributed by atoms with E-state index in [-0.39, 0.29) is 0 Å². The molecule has 0 amide bonds. The normalized spacial score (nSPS) is 14.7. The molecule has 0 radical (unpaired) electrons. The molecule has 2 aromatic heterocycles. The van der Waals surface area contributed by atoms with Gasteiger partial charge >= 0.3 is 0 Å². The SMILES string of the molecule is Brc1ccccc1-c1nnc2n1CN(CCCn1ccnc1)CS2. The summed E-state index contributed by atoms with van der Waals surface area (Å²) in [7, 11) is 0. The van der Waals surface area contributed by atoms with E-state index in [2.05, 4.69) is 51.2 Å². The number of hydrogen-bond donors (Lipinski definition) is 0. The molecule has 0 bridgehead atoms. The Hall–Kier alpha value is -1.64. The Morgan fingerprint density at radius 1 is 1.17 bits per heavy atom. The van der Waals surface area contributed by atoms with E-state index in [1.54, 1.807) is 11.8 Å². The molecule has 0 unspecified atom stereocenters. The highest BCUT2D eigenvalue weighted by molar-refractivity contribution is 9.10. The van der Waals surface area contributed by atoms with E-state index in [1.165, 1.54) is 0 Å². The average Bonchev–Trinajstić information content (AvgIpc) is 3.25. The van der Waals surface area contributed by atoms with Crippen molar-refractivity contribution in [2.45, 2.75) is 24.8 Å². The lowest BCUT2D eigenvalue weighted by Crippen LogP contribution is -2.32. The van der Waals surface area contributed by atoms with Crippen LogP contribution in [0.3, 0.4) is 0 Å². The Bertz CT molecular complexity index is 816. The van der Waals surface area contributed by atoms with E-state index < -0.39 is 0 Å². The Morgan fingerprint density at radius 3 is 2.92 bits per heavy atom. The van der Waals surface area contributed by atoms with Crippen LogP contribution in [-0.2, 0) is 13.2 Å². The summed E-state index contributed by atoms with van der Waals surface area (Å²) in [6.45, 7) is 2.86. The van der Waals surface area contributed by atoms with E-state index in [4.69, 9.17) is 0 Å². The first kappa shape index (κ1) is 15.9. The van der Waals surface area contributed by atoms with Crippen molar-refractivity contribution in [1.82, 2.24) is 29.2 Å². The zero-order chi connectivity index (χ0) is 16.4. The fourth-order valence-corrected chi connectivity index (χ4v) is 4.16. The molecule has 4 rings (SSSR count). The lowest BCUT2D eigenvalue weighted by atomic mass is 10.2. The number of thioether (sulfide) groups is 1. The molecule has 8 heteroatoms. The largest absolute Gasteiger partial charge is 0.337 e. The predicted molar refractivity (Wildman–Crippen MR) is 97.4 cm³/mol. The van der Waals surface area contributed by atoms with Gasteiger partial charge in [-0.3, -0.25) is 9.47 Å². The number of fused-ring (bicyclic) bond motifs is 1. The quantitative estimate of drug-likeness (QED) is 0.652. The Kier molecular flexibility index (Phi) is 4.68. The fraction of sp³-hybridized carbons (Fsp3) is 0.312. The minimum absolute atomic E-state index is 0.829. The lowest BCUT2D eigenvalue weighted by Gasteiger charge is -2.27. The van der Waals surface area contributed by atoms with Crippen LogP contribution in [-0.4, -0.2) is 41.6 Å². The van der Waals surface area contributed by atoms with E-state index >= 15 is 0 Å². The van der Waals surface area contributed by atoms with Crippen LogP contribution in [0.2, 0.25) is 0 Å². The van der Waals surface area contributed by atoms with Crippen molar-refractivity contribution in [2.24, 2.45) is 0 Å². The smallest absolute Gasteiger partial charge is 0.193 e. The van der Waals surface area contributed by atoms with Crippen molar-refractivity contribution >= 4 is 27.7 Å². The summed E-state index contributed by atoms with van der Waals surface area (Å²) < 4.78 is 5.36. The molecule has 3 aromatic rings. The van der Waals surface area contributed by atoms with Crippen LogP contribution in [0.25, 0.3) is 11.4 Å². The van der Waals surface area contributed by atoms with Crippen LogP contribution in [0.4, 0.5) is 0 Å². The molecule has 0 saturated carbocycles. The van der Waals surface area contributed by atoms with Crippen LogP contribution in [0.1, 0.15) is 6.42 Å². The number of nitrogens with zero attached hydrogens (tertiary/aromatic N) is 6. The summed E-state index contributed by atoms with van der Waals surface area (Å²) in [6, 6.07) is 8.15. The number of hydrogen-bond acceptors (Lipinski definition) is 5. The summed E-state index contributed by atoms with van der Waals surface area (Å²) in [5, 5.41) is 9.75. The molecular weight excluding hydrogens is 388 g/mol. The molecule has 6 nitrogen and oxygen atoms in total. The van der Waals surface area contributed by atoms with E-state index in [1.807, 2.05) is 36.9 Å². The fourth-order valence-electron chi connectivity index (χ4n) is 2.79. The topological polar surface area (TPSA) is 51.8 Å². The summed E-state index contributed by atoms with van der Waals surface area (Å²) in [5.74, 6) is 1.88. The third-order valence-electron chi connectivity index (χ3n) is 4.00.